The first-order valence-electron chi connectivity index (χ1n) is 6.16. The summed E-state index contributed by atoms with van der Waals surface area (Å²) in [6, 6.07) is 14.3. The standard InChI is InChI=1S/C15H15N3O/c1-10-2-4-11(5-3-10)9-17-15-18-13-8-12(16)6-7-14(13)19-15/h2-8H,9,16H2,1H3,(H,17,18). The van der Waals surface area contributed by atoms with Crippen molar-refractivity contribution >= 4 is 22.8 Å². The number of rotatable bonds is 3. The lowest BCUT2D eigenvalue weighted by Crippen LogP contribution is -1.99. The molecule has 0 bridgehead atoms. The van der Waals surface area contributed by atoms with Gasteiger partial charge in [0.15, 0.2) is 5.58 Å². The molecule has 0 amide bonds. The summed E-state index contributed by atoms with van der Waals surface area (Å²) in [6.45, 7) is 2.75. The molecule has 0 fully saturated rings. The first-order chi connectivity index (χ1) is 9.20. The van der Waals surface area contributed by atoms with Gasteiger partial charge in [-0.15, -0.1) is 0 Å². The molecule has 0 spiro atoms. The van der Waals surface area contributed by atoms with Gasteiger partial charge in [0.05, 0.1) is 0 Å². The molecule has 19 heavy (non-hydrogen) atoms. The summed E-state index contributed by atoms with van der Waals surface area (Å²) < 4.78 is 5.59. The zero-order chi connectivity index (χ0) is 13.2. The minimum atomic E-state index is 0.515. The normalized spacial score (nSPS) is 10.8. The Morgan fingerprint density at radius 1 is 1.16 bits per heavy atom. The Labute approximate surface area is 111 Å². The number of aryl methyl sites for hydroxylation is 1. The zero-order valence-electron chi connectivity index (χ0n) is 10.7. The molecule has 0 aliphatic rings. The second-order valence-corrected chi connectivity index (χ2v) is 4.59. The van der Waals surface area contributed by atoms with Gasteiger partial charge in [-0.3, -0.25) is 0 Å². The minimum Gasteiger partial charge on any atom is -0.424 e. The third-order valence-electron chi connectivity index (χ3n) is 2.98. The zero-order valence-corrected chi connectivity index (χ0v) is 10.7. The predicted molar refractivity (Wildman–Crippen MR) is 76.9 cm³/mol. The van der Waals surface area contributed by atoms with Crippen LogP contribution in [-0.2, 0) is 6.54 Å². The summed E-state index contributed by atoms with van der Waals surface area (Å²) in [5, 5.41) is 3.17. The van der Waals surface area contributed by atoms with Crippen molar-refractivity contribution in [2.24, 2.45) is 0 Å². The van der Waals surface area contributed by atoms with Gasteiger partial charge in [-0.1, -0.05) is 29.8 Å². The highest BCUT2D eigenvalue weighted by atomic mass is 16.4. The summed E-state index contributed by atoms with van der Waals surface area (Å²) in [5.41, 5.74) is 10.3. The van der Waals surface area contributed by atoms with Crippen molar-refractivity contribution < 1.29 is 4.42 Å². The van der Waals surface area contributed by atoms with E-state index < -0.39 is 0 Å². The number of oxazole rings is 1. The quantitative estimate of drug-likeness (QED) is 0.703. The van der Waals surface area contributed by atoms with E-state index in [0.717, 1.165) is 11.1 Å². The average molecular weight is 253 g/mol. The number of nitrogens with zero attached hydrogens (tertiary/aromatic N) is 1. The summed E-state index contributed by atoms with van der Waals surface area (Å²) >= 11 is 0. The highest BCUT2D eigenvalue weighted by Gasteiger charge is 2.05. The van der Waals surface area contributed by atoms with Crippen LogP contribution in [0, 0.1) is 6.92 Å². The fourth-order valence-electron chi connectivity index (χ4n) is 1.90. The molecule has 96 valence electrons. The van der Waals surface area contributed by atoms with Crippen LogP contribution in [0.1, 0.15) is 11.1 Å². The lowest BCUT2D eigenvalue weighted by Gasteiger charge is -2.02. The molecule has 1 aromatic heterocycles. The van der Waals surface area contributed by atoms with E-state index in [1.165, 1.54) is 11.1 Å². The summed E-state index contributed by atoms with van der Waals surface area (Å²) in [7, 11) is 0. The Balaban J connectivity index is 1.76. The number of nitrogens with one attached hydrogen (secondary N) is 1. The number of fused-ring (bicyclic) bond motifs is 1. The number of hydrogen-bond donors (Lipinski definition) is 2. The first kappa shape index (κ1) is 11.6. The lowest BCUT2D eigenvalue weighted by molar-refractivity contribution is 0.614. The van der Waals surface area contributed by atoms with E-state index in [1.54, 1.807) is 12.1 Å². The maximum atomic E-state index is 5.71. The van der Waals surface area contributed by atoms with Gasteiger partial charge in [0.1, 0.15) is 5.52 Å². The van der Waals surface area contributed by atoms with Crippen LogP contribution in [0.2, 0.25) is 0 Å². The van der Waals surface area contributed by atoms with Crippen LogP contribution >= 0.6 is 0 Å². The Hall–Kier alpha value is -2.49. The molecular formula is C15H15N3O. The molecule has 0 aliphatic carbocycles. The Kier molecular flexibility index (Phi) is 2.83. The lowest BCUT2D eigenvalue weighted by atomic mass is 10.1. The fourth-order valence-corrected chi connectivity index (χ4v) is 1.90. The van der Waals surface area contributed by atoms with Crippen LogP contribution in [0.3, 0.4) is 0 Å². The first-order valence-corrected chi connectivity index (χ1v) is 6.16. The molecule has 0 saturated heterocycles. The number of aromatic nitrogens is 1. The van der Waals surface area contributed by atoms with Crippen molar-refractivity contribution in [2.45, 2.75) is 13.5 Å². The van der Waals surface area contributed by atoms with Gasteiger partial charge < -0.3 is 15.5 Å². The Bertz CT molecular complexity index is 701. The van der Waals surface area contributed by atoms with Crippen LogP contribution in [0.5, 0.6) is 0 Å². The molecule has 4 heteroatoms. The fraction of sp³-hybridized carbons (Fsp3) is 0.133. The van der Waals surface area contributed by atoms with E-state index in [9.17, 15) is 0 Å². The van der Waals surface area contributed by atoms with Crippen LogP contribution in [-0.4, -0.2) is 4.98 Å². The molecule has 1 heterocycles. The van der Waals surface area contributed by atoms with Crippen molar-refractivity contribution in [1.82, 2.24) is 4.98 Å². The van der Waals surface area contributed by atoms with Crippen molar-refractivity contribution in [2.75, 3.05) is 11.1 Å². The van der Waals surface area contributed by atoms with Gasteiger partial charge in [-0.25, -0.2) is 0 Å². The van der Waals surface area contributed by atoms with Gasteiger partial charge in [-0.2, -0.15) is 4.98 Å². The highest BCUT2D eigenvalue weighted by molar-refractivity contribution is 5.78. The summed E-state index contributed by atoms with van der Waals surface area (Å²) in [4.78, 5) is 4.35. The predicted octanol–water partition coefficient (Wildman–Crippen LogP) is 3.33. The van der Waals surface area contributed by atoms with E-state index in [1.807, 2.05) is 6.07 Å². The molecule has 0 atom stereocenters. The number of nitrogens with two attached hydrogens (primary N) is 1. The molecule has 3 rings (SSSR count). The van der Waals surface area contributed by atoms with Crippen LogP contribution in [0.4, 0.5) is 11.7 Å². The van der Waals surface area contributed by atoms with Crippen LogP contribution in [0.15, 0.2) is 46.9 Å². The monoisotopic (exact) mass is 253 g/mol. The van der Waals surface area contributed by atoms with Crippen molar-refractivity contribution in [3.05, 3.63) is 53.6 Å². The molecular weight excluding hydrogens is 238 g/mol. The van der Waals surface area contributed by atoms with Crippen LogP contribution < -0.4 is 11.1 Å². The molecule has 3 aromatic rings. The van der Waals surface area contributed by atoms with E-state index in [4.69, 9.17) is 10.2 Å². The van der Waals surface area contributed by atoms with E-state index in [0.29, 0.717) is 18.2 Å². The molecule has 0 saturated carbocycles. The number of hydrogen-bond acceptors (Lipinski definition) is 4. The van der Waals surface area contributed by atoms with Crippen molar-refractivity contribution in [3.8, 4) is 0 Å². The highest BCUT2D eigenvalue weighted by Crippen LogP contribution is 2.21. The van der Waals surface area contributed by atoms with E-state index in [-0.39, 0.29) is 0 Å². The third kappa shape index (κ3) is 2.52. The maximum Gasteiger partial charge on any atom is 0.295 e. The second-order valence-electron chi connectivity index (χ2n) is 4.59. The van der Waals surface area contributed by atoms with Crippen molar-refractivity contribution in [1.29, 1.82) is 0 Å². The molecule has 3 N–H and O–H groups in total. The number of nitrogen functional groups attached to an aromatic ring is 1. The van der Waals surface area contributed by atoms with Gasteiger partial charge in [-0.05, 0) is 30.7 Å². The molecule has 0 radical (unpaired) electrons. The van der Waals surface area contributed by atoms with Crippen molar-refractivity contribution in [3.63, 3.8) is 0 Å². The van der Waals surface area contributed by atoms with Crippen LogP contribution in [0.25, 0.3) is 11.1 Å². The molecule has 2 aromatic carbocycles. The SMILES string of the molecule is Cc1ccc(CNc2nc3cc(N)ccc3o2)cc1. The Morgan fingerprint density at radius 3 is 2.74 bits per heavy atom. The second kappa shape index (κ2) is 4.65. The van der Waals surface area contributed by atoms with Gasteiger partial charge in [0, 0.05) is 12.2 Å². The summed E-state index contributed by atoms with van der Waals surface area (Å²) in [6.07, 6.45) is 0. The minimum absolute atomic E-state index is 0.515. The van der Waals surface area contributed by atoms with Gasteiger partial charge >= 0.3 is 0 Å². The van der Waals surface area contributed by atoms with E-state index >= 15 is 0 Å². The van der Waals surface area contributed by atoms with Gasteiger partial charge in [0.25, 0.3) is 6.01 Å². The third-order valence-corrected chi connectivity index (χ3v) is 2.98. The largest absolute Gasteiger partial charge is 0.424 e. The molecule has 0 aliphatic heterocycles. The average Bonchev–Trinajstić information content (AvgIpc) is 2.80. The van der Waals surface area contributed by atoms with Gasteiger partial charge in [0.2, 0.25) is 0 Å². The topological polar surface area (TPSA) is 64.1 Å². The number of anilines is 2. The summed E-state index contributed by atoms with van der Waals surface area (Å²) in [5.74, 6) is 0. The maximum absolute atomic E-state index is 5.71. The van der Waals surface area contributed by atoms with E-state index in [2.05, 4.69) is 41.5 Å². The smallest absolute Gasteiger partial charge is 0.295 e. The number of benzene rings is 2. The molecule has 4 nitrogen and oxygen atoms in total. The Morgan fingerprint density at radius 2 is 1.95 bits per heavy atom. The molecule has 0 unspecified atom stereocenters.